The molecule has 4 rings (SSSR count). The van der Waals surface area contributed by atoms with Crippen molar-refractivity contribution in [1.29, 1.82) is 0 Å². The summed E-state index contributed by atoms with van der Waals surface area (Å²) < 4.78 is 51.2. The van der Waals surface area contributed by atoms with Crippen LogP contribution in [0.5, 0.6) is 0 Å². The van der Waals surface area contributed by atoms with Crippen LogP contribution >= 0.6 is 0 Å². The first-order chi connectivity index (χ1) is 15.2. The molecular weight excluding hydrogens is 424 g/mol. The first-order valence-electron chi connectivity index (χ1n) is 9.91. The monoisotopic (exact) mass is 442 g/mol. The Morgan fingerprint density at radius 2 is 1.53 bits per heavy atom. The van der Waals surface area contributed by atoms with Crippen LogP contribution in [0.2, 0.25) is 0 Å². The van der Waals surface area contributed by atoms with Crippen LogP contribution in [0.25, 0.3) is 0 Å². The smallest absolute Gasteiger partial charge is 0.322 e. The van der Waals surface area contributed by atoms with Gasteiger partial charge in [-0.05, 0) is 85.1 Å². The van der Waals surface area contributed by atoms with Gasteiger partial charge >= 0.3 is 6.18 Å². The summed E-state index contributed by atoms with van der Waals surface area (Å²) in [6.45, 7) is 0.500. The summed E-state index contributed by atoms with van der Waals surface area (Å²) in [5, 5.41) is 2.59. The van der Waals surface area contributed by atoms with Crippen molar-refractivity contribution in [3.8, 4) is 0 Å². The second-order valence-electron chi connectivity index (χ2n) is 7.44. The summed E-state index contributed by atoms with van der Waals surface area (Å²) in [5.41, 5.74) is 1.63. The van der Waals surface area contributed by atoms with Crippen molar-refractivity contribution in [2.24, 2.45) is 0 Å². The number of rotatable bonds is 3. The SMILES string of the molecule is O=C(Nc1ccc(C(F)(F)F)cc1)c1ccc2c(c1)CCCN2C(=O)c1ccc(F)cc1. The van der Waals surface area contributed by atoms with Gasteiger partial charge in [0, 0.05) is 29.0 Å². The van der Waals surface area contributed by atoms with E-state index in [0.29, 0.717) is 36.2 Å². The number of hydrogen-bond acceptors (Lipinski definition) is 2. The van der Waals surface area contributed by atoms with Gasteiger partial charge in [-0.15, -0.1) is 0 Å². The van der Waals surface area contributed by atoms with Gasteiger partial charge in [0.2, 0.25) is 0 Å². The van der Waals surface area contributed by atoms with Crippen LogP contribution in [0.15, 0.2) is 66.7 Å². The standard InChI is InChI=1S/C24H18F4N2O2/c25-19-8-3-15(4-9-19)23(32)30-13-1-2-16-14-17(5-12-21(16)30)22(31)29-20-10-6-18(7-11-20)24(26,27)28/h3-12,14H,1-2,13H2,(H,29,31). The fraction of sp³-hybridized carbons (Fsp3) is 0.167. The molecule has 0 unspecified atom stereocenters. The molecule has 0 aliphatic carbocycles. The van der Waals surface area contributed by atoms with E-state index in [-0.39, 0.29) is 11.6 Å². The van der Waals surface area contributed by atoms with Crippen molar-refractivity contribution in [2.75, 3.05) is 16.8 Å². The Morgan fingerprint density at radius 1 is 0.875 bits per heavy atom. The molecule has 0 atom stereocenters. The van der Waals surface area contributed by atoms with E-state index in [2.05, 4.69) is 5.32 Å². The van der Waals surface area contributed by atoms with Gasteiger partial charge in [-0.2, -0.15) is 13.2 Å². The van der Waals surface area contributed by atoms with E-state index in [1.165, 1.54) is 36.4 Å². The Kier molecular flexibility index (Phi) is 5.69. The third-order valence-electron chi connectivity index (χ3n) is 5.27. The van der Waals surface area contributed by atoms with Gasteiger partial charge in [0.05, 0.1) is 5.56 Å². The van der Waals surface area contributed by atoms with Gasteiger partial charge in [0.15, 0.2) is 0 Å². The number of carbonyl (C=O) groups excluding carboxylic acids is 2. The minimum atomic E-state index is -4.45. The molecule has 0 bridgehead atoms. The van der Waals surface area contributed by atoms with Crippen molar-refractivity contribution in [3.05, 3.63) is 94.8 Å². The zero-order chi connectivity index (χ0) is 22.9. The molecule has 3 aromatic rings. The minimum Gasteiger partial charge on any atom is -0.322 e. The van der Waals surface area contributed by atoms with E-state index in [4.69, 9.17) is 0 Å². The number of halogens is 4. The third kappa shape index (κ3) is 4.49. The molecule has 1 heterocycles. The summed E-state index contributed by atoms with van der Waals surface area (Å²) >= 11 is 0. The number of benzene rings is 3. The third-order valence-corrected chi connectivity index (χ3v) is 5.27. The number of nitrogens with one attached hydrogen (secondary N) is 1. The van der Waals surface area contributed by atoms with Gasteiger partial charge in [-0.25, -0.2) is 4.39 Å². The van der Waals surface area contributed by atoms with Crippen molar-refractivity contribution >= 4 is 23.2 Å². The number of fused-ring (bicyclic) bond motifs is 1. The van der Waals surface area contributed by atoms with Crippen LogP contribution in [0.4, 0.5) is 28.9 Å². The van der Waals surface area contributed by atoms with Crippen LogP contribution in [0, 0.1) is 5.82 Å². The molecule has 1 aliphatic rings. The molecule has 32 heavy (non-hydrogen) atoms. The molecular formula is C24H18F4N2O2. The van der Waals surface area contributed by atoms with Gasteiger partial charge in [-0.3, -0.25) is 9.59 Å². The highest BCUT2D eigenvalue weighted by atomic mass is 19.4. The van der Waals surface area contributed by atoms with Crippen molar-refractivity contribution < 1.29 is 27.2 Å². The maximum absolute atomic E-state index is 13.2. The summed E-state index contributed by atoms with van der Waals surface area (Å²) in [6.07, 6.45) is -3.08. The number of anilines is 2. The van der Waals surface area contributed by atoms with Gasteiger partial charge < -0.3 is 10.2 Å². The molecule has 0 spiro atoms. The normalized spacial score (nSPS) is 13.4. The molecule has 4 nitrogen and oxygen atoms in total. The summed E-state index contributed by atoms with van der Waals surface area (Å²) in [6, 6.07) is 14.4. The zero-order valence-corrected chi connectivity index (χ0v) is 16.7. The lowest BCUT2D eigenvalue weighted by molar-refractivity contribution is -0.137. The molecule has 2 amide bonds. The number of hydrogen-bond donors (Lipinski definition) is 1. The number of alkyl halides is 3. The Bertz CT molecular complexity index is 1160. The highest BCUT2D eigenvalue weighted by Crippen LogP contribution is 2.31. The molecule has 3 aromatic carbocycles. The molecule has 0 saturated heterocycles. The topological polar surface area (TPSA) is 49.4 Å². The lowest BCUT2D eigenvalue weighted by Crippen LogP contribution is -2.35. The number of nitrogens with zero attached hydrogens (tertiary/aromatic N) is 1. The van der Waals surface area contributed by atoms with Crippen molar-refractivity contribution in [1.82, 2.24) is 0 Å². The molecule has 1 N–H and O–H groups in total. The average Bonchev–Trinajstić information content (AvgIpc) is 2.78. The molecule has 164 valence electrons. The van der Waals surface area contributed by atoms with Gasteiger partial charge in [-0.1, -0.05) is 0 Å². The Balaban J connectivity index is 1.52. The van der Waals surface area contributed by atoms with Crippen LogP contribution in [0.1, 0.15) is 38.3 Å². The fourth-order valence-corrected chi connectivity index (χ4v) is 3.64. The largest absolute Gasteiger partial charge is 0.416 e. The van der Waals surface area contributed by atoms with E-state index in [9.17, 15) is 27.2 Å². The second-order valence-corrected chi connectivity index (χ2v) is 7.44. The van der Waals surface area contributed by atoms with E-state index >= 15 is 0 Å². The Morgan fingerprint density at radius 3 is 2.19 bits per heavy atom. The van der Waals surface area contributed by atoms with Crippen molar-refractivity contribution in [2.45, 2.75) is 19.0 Å². The van der Waals surface area contributed by atoms with E-state index in [1.807, 2.05) is 0 Å². The molecule has 0 aromatic heterocycles. The van der Waals surface area contributed by atoms with Crippen LogP contribution < -0.4 is 10.2 Å². The maximum Gasteiger partial charge on any atom is 0.416 e. The lowest BCUT2D eigenvalue weighted by Gasteiger charge is -2.30. The summed E-state index contributed by atoms with van der Waals surface area (Å²) in [4.78, 5) is 27.1. The molecule has 0 radical (unpaired) electrons. The summed E-state index contributed by atoms with van der Waals surface area (Å²) in [7, 11) is 0. The first kappa shape index (κ1) is 21.5. The predicted octanol–water partition coefficient (Wildman–Crippen LogP) is 5.69. The van der Waals surface area contributed by atoms with Crippen LogP contribution in [-0.2, 0) is 12.6 Å². The molecule has 0 fully saturated rings. The fourth-order valence-electron chi connectivity index (χ4n) is 3.64. The number of amides is 2. The van der Waals surface area contributed by atoms with Gasteiger partial charge in [0.1, 0.15) is 5.82 Å². The average molecular weight is 442 g/mol. The van der Waals surface area contributed by atoms with E-state index in [0.717, 1.165) is 17.7 Å². The van der Waals surface area contributed by atoms with Crippen molar-refractivity contribution in [3.63, 3.8) is 0 Å². The zero-order valence-electron chi connectivity index (χ0n) is 16.7. The predicted molar refractivity (Wildman–Crippen MR) is 112 cm³/mol. The number of carbonyl (C=O) groups is 2. The second kappa shape index (κ2) is 8.45. The number of aryl methyl sites for hydroxylation is 1. The van der Waals surface area contributed by atoms with E-state index in [1.54, 1.807) is 23.1 Å². The lowest BCUT2D eigenvalue weighted by atomic mass is 9.98. The highest BCUT2D eigenvalue weighted by Gasteiger charge is 2.30. The van der Waals surface area contributed by atoms with E-state index < -0.39 is 23.5 Å². The van der Waals surface area contributed by atoms with Gasteiger partial charge in [0.25, 0.3) is 11.8 Å². The first-order valence-corrected chi connectivity index (χ1v) is 9.91. The Labute approximate surface area is 181 Å². The maximum atomic E-state index is 13.2. The summed E-state index contributed by atoms with van der Waals surface area (Å²) in [5.74, 6) is -1.15. The Hall–Kier alpha value is -3.68. The highest BCUT2D eigenvalue weighted by molar-refractivity contribution is 6.08. The quantitative estimate of drug-likeness (QED) is 0.530. The molecule has 0 saturated carbocycles. The molecule has 1 aliphatic heterocycles. The molecule has 8 heteroatoms. The van der Waals surface area contributed by atoms with Crippen LogP contribution in [0.3, 0.4) is 0 Å². The minimum absolute atomic E-state index is 0.244. The van der Waals surface area contributed by atoms with Crippen LogP contribution in [-0.4, -0.2) is 18.4 Å².